The molecule has 3 nitrogen and oxygen atoms in total. The minimum absolute atomic E-state index is 0.236. The van der Waals surface area contributed by atoms with Crippen molar-refractivity contribution in [3.8, 4) is 11.5 Å². The summed E-state index contributed by atoms with van der Waals surface area (Å²) in [4.78, 5) is 0. The zero-order valence-electron chi connectivity index (χ0n) is 13.5. The van der Waals surface area contributed by atoms with E-state index in [-0.39, 0.29) is 11.0 Å². The highest BCUT2D eigenvalue weighted by Gasteiger charge is 2.48. The van der Waals surface area contributed by atoms with Crippen LogP contribution in [0.1, 0.15) is 58.1 Å². The molecule has 3 unspecified atom stereocenters. The molecule has 0 amide bonds. The third-order valence-corrected chi connectivity index (χ3v) is 4.89. The number of ether oxygens (including phenoxy) is 2. The molecular weight excluding hydrogens is 264 g/mol. The van der Waals surface area contributed by atoms with E-state index in [9.17, 15) is 5.11 Å². The largest absolute Gasteiger partial charge is 0.497 e. The summed E-state index contributed by atoms with van der Waals surface area (Å²) < 4.78 is 11.7. The Bertz CT molecular complexity index is 537. The summed E-state index contributed by atoms with van der Waals surface area (Å²) in [7, 11) is 1.66. The van der Waals surface area contributed by atoms with Crippen LogP contribution in [0.25, 0.3) is 0 Å². The lowest BCUT2D eigenvalue weighted by Crippen LogP contribution is -2.49. The lowest BCUT2D eigenvalue weighted by molar-refractivity contribution is -0.0822. The number of hydrogen-bond donors (Lipinski definition) is 1. The zero-order chi connectivity index (χ0) is 15.3. The Kier molecular flexibility index (Phi) is 3.44. The summed E-state index contributed by atoms with van der Waals surface area (Å²) >= 11 is 0. The molecule has 1 fully saturated rings. The predicted molar refractivity (Wildman–Crippen MR) is 82.7 cm³/mol. The van der Waals surface area contributed by atoms with Gasteiger partial charge in [0, 0.05) is 18.1 Å². The summed E-state index contributed by atoms with van der Waals surface area (Å²) in [6.45, 7) is 6.90. The molecule has 1 aliphatic heterocycles. The van der Waals surface area contributed by atoms with E-state index < -0.39 is 6.10 Å². The van der Waals surface area contributed by atoms with Gasteiger partial charge in [0.15, 0.2) is 0 Å². The van der Waals surface area contributed by atoms with Crippen LogP contribution >= 0.6 is 0 Å². The zero-order valence-corrected chi connectivity index (χ0v) is 13.5. The van der Waals surface area contributed by atoms with Gasteiger partial charge in [0.05, 0.1) is 13.2 Å². The van der Waals surface area contributed by atoms with Crippen LogP contribution < -0.4 is 9.47 Å². The van der Waals surface area contributed by atoms with Gasteiger partial charge in [0.1, 0.15) is 17.1 Å². The van der Waals surface area contributed by atoms with Crippen molar-refractivity contribution in [3.05, 3.63) is 23.8 Å². The first kappa shape index (κ1) is 14.7. The van der Waals surface area contributed by atoms with E-state index in [0.29, 0.717) is 12.3 Å². The minimum Gasteiger partial charge on any atom is -0.497 e. The van der Waals surface area contributed by atoms with Crippen molar-refractivity contribution in [1.29, 1.82) is 0 Å². The number of aliphatic hydroxyl groups is 1. The summed E-state index contributed by atoms with van der Waals surface area (Å²) in [5.41, 5.74) is 0.908. The van der Waals surface area contributed by atoms with Crippen molar-refractivity contribution < 1.29 is 14.6 Å². The molecule has 116 valence electrons. The first-order valence-corrected chi connectivity index (χ1v) is 7.88. The van der Waals surface area contributed by atoms with Crippen molar-refractivity contribution in [2.75, 3.05) is 7.11 Å². The molecule has 1 aromatic rings. The molecule has 0 saturated heterocycles. The first-order chi connectivity index (χ1) is 9.82. The van der Waals surface area contributed by atoms with Crippen molar-refractivity contribution in [1.82, 2.24) is 0 Å². The van der Waals surface area contributed by atoms with Gasteiger partial charge in [-0.2, -0.15) is 0 Å². The van der Waals surface area contributed by atoms with Crippen molar-refractivity contribution >= 4 is 0 Å². The van der Waals surface area contributed by atoms with Gasteiger partial charge in [0.2, 0.25) is 0 Å². The molecule has 1 aliphatic carbocycles. The van der Waals surface area contributed by atoms with Gasteiger partial charge in [-0.25, -0.2) is 0 Å². The van der Waals surface area contributed by atoms with Crippen molar-refractivity contribution in [3.63, 3.8) is 0 Å². The lowest BCUT2D eigenvalue weighted by Gasteiger charge is -2.50. The molecule has 1 spiro atoms. The van der Waals surface area contributed by atoms with E-state index in [4.69, 9.17) is 9.47 Å². The quantitative estimate of drug-likeness (QED) is 0.846. The Balaban J connectivity index is 1.96. The molecule has 21 heavy (non-hydrogen) atoms. The molecule has 1 saturated carbocycles. The molecule has 3 rings (SSSR count). The minimum atomic E-state index is -0.444. The molecule has 1 N–H and O–H groups in total. The number of benzene rings is 1. The van der Waals surface area contributed by atoms with Gasteiger partial charge in [0.25, 0.3) is 0 Å². The maximum Gasteiger partial charge on any atom is 0.129 e. The van der Waals surface area contributed by atoms with Crippen molar-refractivity contribution in [2.24, 2.45) is 11.3 Å². The SMILES string of the molecule is COc1ccc2c(c1)OC1(CC(C)CC(C)(C)C1)CC2O. The Morgan fingerprint density at radius 3 is 2.67 bits per heavy atom. The second-order valence-corrected chi connectivity index (χ2v) is 7.76. The van der Waals surface area contributed by atoms with Crippen molar-refractivity contribution in [2.45, 2.75) is 58.2 Å². The smallest absolute Gasteiger partial charge is 0.129 e. The highest BCUT2D eigenvalue weighted by molar-refractivity contribution is 5.44. The first-order valence-electron chi connectivity index (χ1n) is 7.88. The maximum absolute atomic E-state index is 10.6. The number of fused-ring (bicyclic) bond motifs is 1. The van der Waals surface area contributed by atoms with Crippen LogP contribution in [0.2, 0.25) is 0 Å². The summed E-state index contributed by atoms with van der Waals surface area (Å²) in [5, 5.41) is 10.6. The Labute approximate surface area is 127 Å². The molecule has 0 bridgehead atoms. The van der Waals surface area contributed by atoms with E-state index in [0.717, 1.165) is 29.9 Å². The Morgan fingerprint density at radius 1 is 1.24 bits per heavy atom. The fourth-order valence-electron chi connectivity index (χ4n) is 4.64. The normalized spacial score (nSPS) is 34.1. The molecule has 1 heterocycles. The second kappa shape index (κ2) is 4.91. The van der Waals surface area contributed by atoms with Crippen LogP contribution in [-0.2, 0) is 0 Å². The fourth-order valence-corrected chi connectivity index (χ4v) is 4.64. The monoisotopic (exact) mass is 290 g/mol. The predicted octanol–water partition coefficient (Wildman–Crippen LogP) is 4.10. The lowest BCUT2D eigenvalue weighted by atomic mass is 9.63. The molecule has 2 aliphatic rings. The van der Waals surface area contributed by atoms with E-state index in [1.54, 1.807) is 7.11 Å². The van der Waals surface area contributed by atoms with Crippen LogP contribution in [0.4, 0.5) is 0 Å². The van der Waals surface area contributed by atoms with Gasteiger partial charge in [-0.1, -0.05) is 20.8 Å². The average Bonchev–Trinajstić information content (AvgIpc) is 2.34. The van der Waals surface area contributed by atoms with E-state index in [2.05, 4.69) is 20.8 Å². The van der Waals surface area contributed by atoms with Gasteiger partial charge < -0.3 is 14.6 Å². The molecule has 0 aromatic heterocycles. The van der Waals surface area contributed by atoms with E-state index in [1.165, 1.54) is 6.42 Å². The molecule has 3 heteroatoms. The van der Waals surface area contributed by atoms with E-state index >= 15 is 0 Å². The summed E-state index contributed by atoms with van der Waals surface area (Å²) in [6, 6.07) is 5.71. The number of methoxy groups -OCH3 is 1. The van der Waals surface area contributed by atoms with Crippen LogP contribution in [0.5, 0.6) is 11.5 Å². The molecule has 1 aromatic carbocycles. The van der Waals surface area contributed by atoms with Crippen LogP contribution in [0.3, 0.4) is 0 Å². The van der Waals surface area contributed by atoms with Crippen LogP contribution in [-0.4, -0.2) is 17.8 Å². The van der Waals surface area contributed by atoms with Gasteiger partial charge in [-0.05, 0) is 42.7 Å². The summed E-state index contributed by atoms with van der Waals surface area (Å²) in [6.07, 6.45) is 3.49. The van der Waals surface area contributed by atoms with Gasteiger partial charge in [-0.15, -0.1) is 0 Å². The maximum atomic E-state index is 10.6. The molecular formula is C18H26O3. The van der Waals surface area contributed by atoms with E-state index in [1.807, 2.05) is 18.2 Å². The Hall–Kier alpha value is -1.22. The molecule has 0 radical (unpaired) electrons. The van der Waals surface area contributed by atoms with Crippen LogP contribution in [0.15, 0.2) is 18.2 Å². The highest BCUT2D eigenvalue weighted by Crippen LogP contribution is 2.52. The second-order valence-electron chi connectivity index (χ2n) is 7.76. The number of aliphatic hydroxyl groups excluding tert-OH is 1. The van der Waals surface area contributed by atoms with Gasteiger partial charge >= 0.3 is 0 Å². The fraction of sp³-hybridized carbons (Fsp3) is 0.667. The van der Waals surface area contributed by atoms with Crippen LogP contribution in [0, 0.1) is 11.3 Å². The molecule has 3 atom stereocenters. The standard InChI is InChI=1S/C18H26O3/c1-12-8-17(2,3)11-18(9-12)10-15(19)14-6-5-13(20-4)7-16(14)21-18/h5-7,12,15,19H,8-11H2,1-4H3. The Morgan fingerprint density at radius 2 is 2.00 bits per heavy atom. The average molecular weight is 290 g/mol. The number of rotatable bonds is 1. The van der Waals surface area contributed by atoms with Gasteiger partial charge in [-0.3, -0.25) is 0 Å². The highest BCUT2D eigenvalue weighted by atomic mass is 16.5. The topological polar surface area (TPSA) is 38.7 Å². The summed E-state index contributed by atoms with van der Waals surface area (Å²) in [5.74, 6) is 2.19. The third-order valence-electron chi connectivity index (χ3n) is 4.89. The number of hydrogen-bond acceptors (Lipinski definition) is 3. The third kappa shape index (κ3) is 2.76.